The smallest absolute Gasteiger partial charge is 0.251 e. The third-order valence-corrected chi connectivity index (χ3v) is 5.28. The molecule has 3 heteroatoms. The summed E-state index contributed by atoms with van der Waals surface area (Å²) in [5, 5.41) is 2.99. The molecule has 2 rings (SSSR count). The van der Waals surface area contributed by atoms with Crippen LogP contribution in [0, 0.1) is 6.92 Å². The van der Waals surface area contributed by atoms with Crippen molar-refractivity contribution in [3.05, 3.63) is 57.8 Å². The van der Waals surface area contributed by atoms with Crippen molar-refractivity contribution < 1.29 is 4.79 Å². The molecule has 1 heterocycles. The lowest BCUT2D eigenvalue weighted by Crippen LogP contribution is -2.24. The van der Waals surface area contributed by atoms with Crippen LogP contribution < -0.4 is 5.32 Å². The number of hydrogen-bond donors (Lipinski definition) is 1. The average Bonchev–Trinajstić information content (AvgIpc) is 3.02. The van der Waals surface area contributed by atoms with Crippen molar-refractivity contribution >= 4 is 17.2 Å². The van der Waals surface area contributed by atoms with Gasteiger partial charge in [-0.15, -0.1) is 11.3 Å². The monoisotopic (exact) mass is 343 g/mol. The third-order valence-electron chi connectivity index (χ3n) is 4.22. The van der Waals surface area contributed by atoms with Crippen molar-refractivity contribution in [3.8, 4) is 0 Å². The van der Waals surface area contributed by atoms with Gasteiger partial charge in [0.25, 0.3) is 5.91 Å². The molecule has 1 aromatic heterocycles. The molecule has 1 N–H and O–H groups in total. The molecule has 0 saturated carbocycles. The van der Waals surface area contributed by atoms with Crippen LogP contribution in [0.2, 0.25) is 0 Å². The van der Waals surface area contributed by atoms with Gasteiger partial charge in [0.1, 0.15) is 0 Å². The van der Waals surface area contributed by atoms with Crippen LogP contribution in [-0.4, -0.2) is 12.5 Å². The molecular weight excluding hydrogens is 314 g/mol. The molecule has 0 fully saturated rings. The number of hydrogen-bond acceptors (Lipinski definition) is 2. The number of amides is 1. The molecule has 0 aliphatic carbocycles. The predicted octanol–water partition coefficient (Wildman–Crippen LogP) is 5.76. The molecule has 0 bridgehead atoms. The Labute approximate surface area is 150 Å². The van der Waals surface area contributed by atoms with E-state index in [-0.39, 0.29) is 5.91 Å². The standard InChI is InChI=1S/C21H29NOS/c1-18-15-16-20(24-18)14-10-5-3-2-4-6-11-17-22-21(23)19-12-8-7-9-13-19/h7-9,12-13,15-16H,2-6,10-11,14,17H2,1H3,(H,22,23). The summed E-state index contributed by atoms with van der Waals surface area (Å²) in [6.45, 7) is 2.96. The summed E-state index contributed by atoms with van der Waals surface area (Å²) in [6, 6.07) is 13.9. The highest BCUT2D eigenvalue weighted by molar-refractivity contribution is 7.11. The van der Waals surface area contributed by atoms with E-state index in [2.05, 4.69) is 24.4 Å². The van der Waals surface area contributed by atoms with E-state index < -0.39 is 0 Å². The second kappa shape index (κ2) is 11.0. The first-order chi connectivity index (χ1) is 11.8. The molecule has 0 aliphatic heterocycles. The molecule has 2 nitrogen and oxygen atoms in total. The van der Waals surface area contributed by atoms with Crippen molar-refractivity contribution in [2.24, 2.45) is 0 Å². The Balaban J connectivity index is 1.40. The van der Waals surface area contributed by atoms with E-state index in [9.17, 15) is 4.79 Å². The molecule has 130 valence electrons. The van der Waals surface area contributed by atoms with Gasteiger partial charge in [0, 0.05) is 21.9 Å². The van der Waals surface area contributed by atoms with Gasteiger partial charge in [0.2, 0.25) is 0 Å². The molecule has 0 unspecified atom stereocenters. The third kappa shape index (κ3) is 7.31. The Morgan fingerprint density at radius 3 is 2.21 bits per heavy atom. The second-order valence-electron chi connectivity index (χ2n) is 6.36. The molecule has 24 heavy (non-hydrogen) atoms. The zero-order chi connectivity index (χ0) is 17.0. The first-order valence-electron chi connectivity index (χ1n) is 9.14. The van der Waals surface area contributed by atoms with Crippen LogP contribution >= 0.6 is 11.3 Å². The van der Waals surface area contributed by atoms with Crippen molar-refractivity contribution in [2.75, 3.05) is 6.54 Å². The Kier molecular flexibility index (Phi) is 8.61. The van der Waals surface area contributed by atoms with Crippen LogP contribution in [0.5, 0.6) is 0 Å². The highest BCUT2D eigenvalue weighted by atomic mass is 32.1. The zero-order valence-electron chi connectivity index (χ0n) is 14.7. The van der Waals surface area contributed by atoms with Gasteiger partial charge in [-0.1, -0.05) is 50.3 Å². The maximum atomic E-state index is 11.9. The first-order valence-corrected chi connectivity index (χ1v) is 9.96. The van der Waals surface area contributed by atoms with Crippen LogP contribution in [0.15, 0.2) is 42.5 Å². The van der Waals surface area contributed by atoms with Crippen LogP contribution in [0.25, 0.3) is 0 Å². The fraction of sp³-hybridized carbons (Fsp3) is 0.476. The van der Waals surface area contributed by atoms with Gasteiger partial charge in [-0.3, -0.25) is 4.79 Å². The quantitative estimate of drug-likeness (QED) is 0.516. The Hall–Kier alpha value is -1.61. The molecular formula is C21H29NOS. The highest BCUT2D eigenvalue weighted by Gasteiger charge is 2.02. The minimum absolute atomic E-state index is 0.0411. The van der Waals surface area contributed by atoms with Gasteiger partial charge in [-0.25, -0.2) is 0 Å². The fourth-order valence-electron chi connectivity index (χ4n) is 2.82. The molecule has 1 aromatic carbocycles. The lowest BCUT2D eigenvalue weighted by Gasteiger charge is -2.05. The molecule has 0 atom stereocenters. The number of thiophene rings is 1. The van der Waals surface area contributed by atoms with Gasteiger partial charge in [-0.05, 0) is 50.5 Å². The Morgan fingerprint density at radius 1 is 0.875 bits per heavy atom. The lowest BCUT2D eigenvalue weighted by molar-refractivity contribution is 0.0953. The number of rotatable bonds is 11. The van der Waals surface area contributed by atoms with E-state index >= 15 is 0 Å². The summed E-state index contributed by atoms with van der Waals surface area (Å²) in [5.74, 6) is 0.0411. The summed E-state index contributed by atoms with van der Waals surface area (Å²) >= 11 is 1.93. The van der Waals surface area contributed by atoms with Gasteiger partial charge in [-0.2, -0.15) is 0 Å². The summed E-state index contributed by atoms with van der Waals surface area (Å²) in [5.41, 5.74) is 0.749. The highest BCUT2D eigenvalue weighted by Crippen LogP contribution is 2.18. The SMILES string of the molecule is Cc1ccc(CCCCCCCCCNC(=O)c2ccccc2)s1. The topological polar surface area (TPSA) is 29.1 Å². The van der Waals surface area contributed by atoms with Crippen LogP contribution in [0.4, 0.5) is 0 Å². The minimum atomic E-state index is 0.0411. The Bertz CT molecular complexity index is 591. The van der Waals surface area contributed by atoms with Crippen molar-refractivity contribution in [2.45, 2.75) is 58.3 Å². The zero-order valence-corrected chi connectivity index (χ0v) is 15.5. The van der Waals surface area contributed by atoms with Gasteiger partial charge in [0.05, 0.1) is 0 Å². The first kappa shape index (κ1) is 18.7. The van der Waals surface area contributed by atoms with Gasteiger partial charge < -0.3 is 5.32 Å². The van der Waals surface area contributed by atoms with Crippen LogP contribution in [0.3, 0.4) is 0 Å². The molecule has 1 amide bonds. The number of unbranched alkanes of at least 4 members (excludes halogenated alkanes) is 6. The molecule has 0 spiro atoms. The fourth-order valence-corrected chi connectivity index (χ4v) is 3.75. The largest absolute Gasteiger partial charge is 0.352 e. The number of carbonyl (C=O) groups is 1. The second-order valence-corrected chi connectivity index (χ2v) is 7.73. The van der Waals surface area contributed by atoms with Crippen LogP contribution in [-0.2, 0) is 6.42 Å². The minimum Gasteiger partial charge on any atom is -0.352 e. The summed E-state index contributed by atoms with van der Waals surface area (Å²) in [6.07, 6.45) is 10.1. The van der Waals surface area contributed by atoms with E-state index in [1.807, 2.05) is 41.7 Å². The maximum Gasteiger partial charge on any atom is 0.251 e. The van der Waals surface area contributed by atoms with Crippen molar-refractivity contribution in [1.29, 1.82) is 0 Å². The van der Waals surface area contributed by atoms with E-state index in [0.29, 0.717) is 0 Å². The summed E-state index contributed by atoms with van der Waals surface area (Å²) in [7, 11) is 0. The van der Waals surface area contributed by atoms with E-state index in [0.717, 1.165) is 18.5 Å². The van der Waals surface area contributed by atoms with E-state index in [1.54, 1.807) is 0 Å². The van der Waals surface area contributed by atoms with Crippen molar-refractivity contribution in [3.63, 3.8) is 0 Å². The summed E-state index contributed by atoms with van der Waals surface area (Å²) < 4.78 is 0. The van der Waals surface area contributed by atoms with Gasteiger partial charge in [0.15, 0.2) is 0 Å². The average molecular weight is 344 g/mol. The predicted molar refractivity (Wildman–Crippen MR) is 104 cm³/mol. The normalized spacial score (nSPS) is 10.7. The molecule has 0 radical (unpaired) electrons. The summed E-state index contributed by atoms with van der Waals surface area (Å²) in [4.78, 5) is 14.8. The molecule has 0 aliphatic rings. The molecule has 2 aromatic rings. The van der Waals surface area contributed by atoms with E-state index in [4.69, 9.17) is 0 Å². The molecule has 0 saturated heterocycles. The maximum absolute atomic E-state index is 11.9. The number of aryl methyl sites for hydroxylation is 2. The van der Waals surface area contributed by atoms with E-state index in [1.165, 1.54) is 54.7 Å². The van der Waals surface area contributed by atoms with Gasteiger partial charge >= 0.3 is 0 Å². The Morgan fingerprint density at radius 2 is 1.54 bits per heavy atom. The lowest BCUT2D eigenvalue weighted by atomic mass is 10.1. The van der Waals surface area contributed by atoms with Crippen molar-refractivity contribution in [1.82, 2.24) is 5.32 Å². The number of carbonyl (C=O) groups excluding carboxylic acids is 1. The number of benzene rings is 1. The number of nitrogens with one attached hydrogen (secondary N) is 1. The van der Waals surface area contributed by atoms with Crippen LogP contribution in [0.1, 0.15) is 65.1 Å².